The van der Waals surface area contributed by atoms with Crippen molar-refractivity contribution in [3.63, 3.8) is 0 Å². The molecule has 0 aliphatic rings. The first kappa shape index (κ1) is 25.8. The van der Waals surface area contributed by atoms with Crippen LogP contribution in [0.15, 0.2) is 85.9 Å². The molecular formula is C31H28F2N6. The molecule has 0 saturated carbocycles. The van der Waals surface area contributed by atoms with E-state index in [9.17, 15) is 4.39 Å². The van der Waals surface area contributed by atoms with E-state index in [-0.39, 0.29) is 11.7 Å². The van der Waals surface area contributed by atoms with Gasteiger partial charge in [0.1, 0.15) is 17.3 Å². The summed E-state index contributed by atoms with van der Waals surface area (Å²) in [6.45, 7) is 13.8. The number of rotatable bonds is 8. The van der Waals surface area contributed by atoms with Gasteiger partial charge in [0.25, 0.3) is 0 Å². The maximum atomic E-state index is 16.1. The number of pyridine rings is 1. The predicted molar refractivity (Wildman–Crippen MR) is 153 cm³/mol. The molecule has 0 spiro atoms. The van der Waals surface area contributed by atoms with Gasteiger partial charge in [0, 0.05) is 34.3 Å². The van der Waals surface area contributed by atoms with Gasteiger partial charge < -0.3 is 10.3 Å². The number of aryl methyl sites for hydroxylation is 1. The second-order valence-corrected chi connectivity index (χ2v) is 9.57. The maximum Gasteiger partial charge on any atom is 0.159 e. The van der Waals surface area contributed by atoms with E-state index in [2.05, 4.69) is 38.6 Å². The van der Waals surface area contributed by atoms with E-state index < -0.39 is 5.82 Å². The van der Waals surface area contributed by atoms with Gasteiger partial charge in [-0.05, 0) is 48.7 Å². The summed E-state index contributed by atoms with van der Waals surface area (Å²) in [6, 6.07) is 11.5. The molecular weight excluding hydrogens is 494 g/mol. The van der Waals surface area contributed by atoms with Gasteiger partial charge in [0.05, 0.1) is 28.5 Å². The Bertz CT molecular complexity index is 1720. The third kappa shape index (κ3) is 5.01. The minimum Gasteiger partial charge on any atom is -0.358 e. The van der Waals surface area contributed by atoms with Crippen molar-refractivity contribution in [1.29, 1.82) is 0 Å². The van der Waals surface area contributed by atoms with Crippen molar-refractivity contribution < 1.29 is 8.78 Å². The number of anilines is 1. The van der Waals surface area contributed by atoms with E-state index in [1.54, 1.807) is 42.7 Å². The largest absolute Gasteiger partial charge is 0.358 e. The summed E-state index contributed by atoms with van der Waals surface area (Å²) in [4.78, 5) is 12.3. The predicted octanol–water partition coefficient (Wildman–Crippen LogP) is 7.80. The fraction of sp³-hybridized carbons (Fsp3) is 0.129. The number of fused-ring (bicyclic) bond motifs is 1. The van der Waals surface area contributed by atoms with Crippen molar-refractivity contribution in [2.75, 3.05) is 5.32 Å². The van der Waals surface area contributed by atoms with Crippen LogP contribution in [-0.4, -0.2) is 25.1 Å². The number of nitrogens with one attached hydrogen (secondary N) is 3. The Morgan fingerprint density at radius 2 is 1.85 bits per heavy atom. The van der Waals surface area contributed by atoms with E-state index in [4.69, 9.17) is 4.98 Å². The molecule has 0 atom stereocenters. The average molecular weight is 523 g/mol. The maximum absolute atomic E-state index is 16.1. The number of imidazole rings is 1. The molecule has 0 aliphatic carbocycles. The molecule has 2 aromatic carbocycles. The van der Waals surface area contributed by atoms with Crippen LogP contribution in [0.25, 0.3) is 39.1 Å². The third-order valence-corrected chi connectivity index (χ3v) is 6.52. The molecule has 6 nitrogen and oxygen atoms in total. The van der Waals surface area contributed by atoms with Gasteiger partial charge in [-0.1, -0.05) is 51.3 Å². The highest BCUT2D eigenvalue weighted by Crippen LogP contribution is 2.35. The Hall–Kier alpha value is -4.85. The van der Waals surface area contributed by atoms with Gasteiger partial charge in [-0.3, -0.25) is 10.1 Å². The lowest BCUT2D eigenvalue weighted by Gasteiger charge is -2.13. The van der Waals surface area contributed by atoms with Crippen molar-refractivity contribution in [1.82, 2.24) is 25.1 Å². The highest BCUT2D eigenvalue weighted by molar-refractivity contribution is 5.95. The Morgan fingerprint density at radius 1 is 1.08 bits per heavy atom. The van der Waals surface area contributed by atoms with Gasteiger partial charge in [-0.15, -0.1) is 0 Å². The summed E-state index contributed by atoms with van der Waals surface area (Å²) in [7, 11) is 0. The molecule has 0 saturated heterocycles. The molecule has 0 unspecified atom stereocenters. The Labute approximate surface area is 225 Å². The van der Waals surface area contributed by atoms with E-state index >= 15 is 4.39 Å². The van der Waals surface area contributed by atoms with Crippen LogP contribution < -0.4 is 5.32 Å². The molecule has 5 rings (SSSR count). The number of aromatic nitrogens is 5. The summed E-state index contributed by atoms with van der Waals surface area (Å²) < 4.78 is 29.7. The Kier molecular flexibility index (Phi) is 6.94. The van der Waals surface area contributed by atoms with Gasteiger partial charge in [0.15, 0.2) is 5.82 Å². The number of halogens is 2. The third-order valence-electron chi connectivity index (χ3n) is 6.52. The van der Waals surface area contributed by atoms with Gasteiger partial charge in [0.2, 0.25) is 0 Å². The molecule has 3 N–H and O–H groups in total. The zero-order valence-electron chi connectivity index (χ0n) is 21.9. The number of nitrogens with zero attached hydrogens (tertiary/aromatic N) is 3. The molecule has 0 radical (unpaired) electrons. The monoisotopic (exact) mass is 522 g/mol. The number of allylic oxidation sites excluding steroid dienone is 3. The highest BCUT2D eigenvalue weighted by atomic mass is 19.1. The molecule has 0 fully saturated rings. The molecule has 0 aliphatic heterocycles. The lowest BCUT2D eigenvalue weighted by atomic mass is 10.0. The summed E-state index contributed by atoms with van der Waals surface area (Å²) in [6.07, 6.45) is 6.76. The lowest BCUT2D eigenvalue weighted by molar-refractivity contribution is 0.627. The molecule has 0 amide bonds. The van der Waals surface area contributed by atoms with Crippen LogP contribution in [0.3, 0.4) is 0 Å². The number of aromatic amines is 2. The van der Waals surface area contributed by atoms with Crippen molar-refractivity contribution in [3.05, 3.63) is 114 Å². The fourth-order valence-corrected chi connectivity index (χ4v) is 4.35. The van der Waals surface area contributed by atoms with Gasteiger partial charge in [-0.2, -0.15) is 5.10 Å². The Balaban J connectivity index is 1.58. The highest BCUT2D eigenvalue weighted by Gasteiger charge is 2.21. The van der Waals surface area contributed by atoms with E-state index in [0.717, 1.165) is 28.2 Å². The topological polar surface area (TPSA) is 82.3 Å². The molecule has 5 aromatic rings. The Morgan fingerprint density at radius 3 is 2.56 bits per heavy atom. The SMILES string of the molecule is C=C/C=C(/c1ccc(F)cc1)c1nc(-c2n[nH]c3ccc(-c4cncc(NC(=C)C(C)C)c4)c(F)c23)[nH]c1C. The van der Waals surface area contributed by atoms with Crippen LogP contribution in [0.1, 0.15) is 30.8 Å². The number of benzene rings is 2. The van der Waals surface area contributed by atoms with Crippen LogP contribution in [0, 0.1) is 24.5 Å². The van der Waals surface area contributed by atoms with Crippen molar-refractivity contribution >= 4 is 22.2 Å². The van der Waals surface area contributed by atoms with Crippen molar-refractivity contribution in [3.8, 4) is 22.6 Å². The standard InChI is InChI=1S/C31H28F2N6/c1-6-7-25(20-8-10-22(32)11-9-20)29-19(5)36-31(37-29)30-27-26(38-39-30)13-12-24(28(27)33)21-14-23(16-34-15-21)35-18(4)17(2)3/h6-17,35H,1,4H2,2-3,5H3,(H,36,37)(H,38,39)/b25-7-. The van der Waals surface area contributed by atoms with E-state index in [0.29, 0.717) is 39.2 Å². The molecule has 8 heteroatoms. The van der Waals surface area contributed by atoms with Crippen LogP contribution in [0.2, 0.25) is 0 Å². The summed E-state index contributed by atoms with van der Waals surface area (Å²) in [5, 5.41) is 10.9. The molecule has 39 heavy (non-hydrogen) atoms. The first-order valence-corrected chi connectivity index (χ1v) is 12.5. The minimum atomic E-state index is -0.436. The average Bonchev–Trinajstić information content (AvgIpc) is 3.52. The zero-order valence-corrected chi connectivity index (χ0v) is 21.9. The van der Waals surface area contributed by atoms with Crippen LogP contribution in [-0.2, 0) is 0 Å². The first-order valence-electron chi connectivity index (χ1n) is 12.5. The van der Waals surface area contributed by atoms with Crippen LogP contribution in [0.5, 0.6) is 0 Å². The minimum absolute atomic E-state index is 0.238. The normalized spacial score (nSPS) is 11.8. The van der Waals surface area contributed by atoms with Crippen molar-refractivity contribution in [2.45, 2.75) is 20.8 Å². The van der Waals surface area contributed by atoms with E-state index in [1.165, 1.54) is 12.1 Å². The van der Waals surface area contributed by atoms with Crippen LogP contribution >= 0.6 is 0 Å². The summed E-state index contributed by atoms with van der Waals surface area (Å²) >= 11 is 0. The van der Waals surface area contributed by atoms with Gasteiger partial charge >= 0.3 is 0 Å². The second kappa shape index (κ2) is 10.5. The molecule has 3 aromatic heterocycles. The molecule has 3 heterocycles. The number of H-pyrrole nitrogens is 2. The van der Waals surface area contributed by atoms with Gasteiger partial charge in [-0.25, -0.2) is 13.8 Å². The van der Waals surface area contributed by atoms with E-state index in [1.807, 2.05) is 32.9 Å². The zero-order chi connectivity index (χ0) is 27.7. The quantitative estimate of drug-likeness (QED) is 0.182. The number of hydrogen-bond acceptors (Lipinski definition) is 4. The summed E-state index contributed by atoms with van der Waals surface area (Å²) in [5.41, 5.74) is 6.39. The first-order chi connectivity index (χ1) is 18.8. The molecule has 196 valence electrons. The summed E-state index contributed by atoms with van der Waals surface area (Å²) in [5.74, 6) is -0.119. The second-order valence-electron chi connectivity index (χ2n) is 9.57. The lowest BCUT2D eigenvalue weighted by Crippen LogP contribution is -2.04. The fourth-order valence-electron chi connectivity index (χ4n) is 4.35. The van der Waals surface area contributed by atoms with Crippen molar-refractivity contribution in [2.24, 2.45) is 5.92 Å². The number of hydrogen-bond donors (Lipinski definition) is 3. The smallest absolute Gasteiger partial charge is 0.159 e. The molecule has 0 bridgehead atoms. The van der Waals surface area contributed by atoms with Crippen LogP contribution in [0.4, 0.5) is 14.5 Å².